The molecule has 0 N–H and O–H groups in total. The Morgan fingerprint density at radius 3 is 1.36 bits per heavy atom. The summed E-state index contributed by atoms with van der Waals surface area (Å²) in [7, 11) is 0. The normalized spacial score (nSPS) is 11.1. The van der Waals surface area contributed by atoms with Gasteiger partial charge in [0.1, 0.15) is 0 Å². The molecule has 0 spiro atoms. The molecule has 0 aliphatic heterocycles. The maximum Gasteiger partial charge on any atom is 0.347 e. The van der Waals surface area contributed by atoms with Crippen LogP contribution in [0.5, 0.6) is 0 Å². The van der Waals surface area contributed by atoms with Crippen molar-refractivity contribution in [2.45, 2.75) is 0 Å². The quantitative estimate of drug-likeness (QED) is 0.437. The summed E-state index contributed by atoms with van der Waals surface area (Å²) in [6.07, 6.45) is 0. The monoisotopic (exact) mass is 368 g/mol. The van der Waals surface area contributed by atoms with Gasteiger partial charge in [0.05, 0.1) is 21.8 Å². The van der Waals surface area contributed by atoms with Crippen LogP contribution in [0.1, 0.15) is 0 Å². The van der Waals surface area contributed by atoms with Crippen molar-refractivity contribution in [1.29, 1.82) is 0 Å². The second kappa shape index (κ2) is 6.28. The van der Waals surface area contributed by atoms with Crippen LogP contribution >= 0.6 is 0 Å². The second-order valence-corrected chi connectivity index (χ2v) is 6.23. The van der Waals surface area contributed by atoms with Crippen molar-refractivity contribution in [2.24, 2.45) is 0 Å². The average Bonchev–Trinajstić information content (AvgIpc) is 2.74. The van der Waals surface area contributed by atoms with Crippen LogP contribution in [-0.2, 0) is 0 Å². The summed E-state index contributed by atoms with van der Waals surface area (Å²) in [5.74, 6) is 0.381. The first kappa shape index (κ1) is 16.1. The van der Waals surface area contributed by atoms with E-state index in [1.807, 2.05) is 36.4 Å². The molecule has 0 saturated carbocycles. The van der Waals surface area contributed by atoms with Gasteiger partial charge in [-0.05, 0) is 36.4 Å². The van der Waals surface area contributed by atoms with E-state index < -0.39 is 11.3 Å². The van der Waals surface area contributed by atoms with Crippen molar-refractivity contribution in [3.63, 3.8) is 0 Å². The summed E-state index contributed by atoms with van der Waals surface area (Å²) in [6.45, 7) is 0. The van der Waals surface area contributed by atoms with Gasteiger partial charge in [-0.25, -0.2) is 19.6 Å². The van der Waals surface area contributed by atoms with Gasteiger partial charge in [0.15, 0.2) is 0 Å². The highest BCUT2D eigenvalue weighted by molar-refractivity contribution is 5.94. The van der Waals surface area contributed by atoms with E-state index in [0.29, 0.717) is 22.2 Å². The predicted molar refractivity (Wildman–Crippen MR) is 105 cm³/mol. The van der Waals surface area contributed by atoms with Crippen molar-refractivity contribution in [1.82, 2.24) is 9.97 Å². The molecule has 0 fully saturated rings. The van der Waals surface area contributed by atoms with Gasteiger partial charge in [-0.15, -0.1) is 0 Å². The topological polar surface area (TPSA) is 86.2 Å². The zero-order valence-corrected chi connectivity index (χ0v) is 14.5. The lowest BCUT2D eigenvalue weighted by Gasteiger charge is -2.04. The number of nitrogens with zero attached hydrogens (tertiary/aromatic N) is 2. The molecule has 6 heteroatoms. The zero-order chi connectivity index (χ0) is 19.1. The van der Waals surface area contributed by atoms with Gasteiger partial charge in [0.25, 0.3) is 0 Å². The molecule has 2 aromatic heterocycles. The van der Waals surface area contributed by atoms with Crippen LogP contribution in [0.2, 0.25) is 0 Å². The number of benzene rings is 3. The van der Waals surface area contributed by atoms with Gasteiger partial charge in [-0.2, -0.15) is 0 Å². The Hall–Kier alpha value is -4.06. The smallest absolute Gasteiger partial charge is 0.347 e. The van der Waals surface area contributed by atoms with Crippen LogP contribution in [0, 0.1) is 0 Å². The van der Waals surface area contributed by atoms with Gasteiger partial charge < -0.3 is 8.83 Å². The highest BCUT2D eigenvalue weighted by Crippen LogP contribution is 2.23. The second-order valence-electron chi connectivity index (χ2n) is 6.23. The summed E-state index contributed by atoms with van der Waals surface area (Å²) in [5, 5.41) is 0.508. The van der Waals surface area contributed by atoms with E-state index in [2.05, 4.69) is 9.97 Å². The predicted octanol–water partition coefficient (Wildman–Crippen LogP) is 4.02. The van der Waals surface area contributed by atoms with Crippen LogP contribution in [0.25, 0.3) is 44.7 Å². The minimum atomic E-state index is -0.540. The molecule has 0 bridgehead atoms. The SMILES string of the molecule is O=c1oc(-c2ccccc2)nc2cc3c(=O)oc(-c4ccccc4)nc3cc12. The standard InChI is InChI=1S/C22H12N2O4/c25-21-15-12-18-16(22(26)28-20(24-18)14-9-5-2-6-10-14)11-17(15)23-19(27-21)13-7-3-1-4-8-13/h1-12H. The van der Waals surface area contributed by atoms with Crippen LogP contribution in [-0.4, -0.2) is 9.97 Å². The van der Waals surface area contributed by atoms with E-state index in [9.17, 15) is 9.59 Å². The lowest BCUT2D eigenvalue weighted by atomic mass is 10.1. The van der Waals surface area contributed by atoms with Crippen LogP contribution in [0.4, 0.5) is 0 Å². The number of hydrogen-bond donors (Lipinski definition) is 0. The summed E-state index contributed by atoms with van der Waals surface area (Å²) in [6, 6.07) is 21.2. The van der Waals surface area contributed by atoms with E-state index in [0.717, 1.165) is 0 Å². The first-order valence-corrected chi connectivity index (χ1v) is 8.60. The molecular weight excluding hydrogens is 356 g/mol. The third-order valence-electron chi connectivity index (χ3n) is 4.42. The summed E-state index contributed by atoms with van der Waals surface area (Å²) < 4.78 is 10.7. The maximum absolute atomic E-state index is 12.5. The third-order valence-corrected chi connectivity index (χ3v) is 4.42. The minimum Gasteiger partial charge on any atom is -0.403 e. The van der Waals surface area contributed by atoms with Gasteiger partial charge in [-0.1, -0.05) is 36.4 Å². The van der Waals surface area contributed by atoms with Crippen LogP contribution in [0.15, 0.2) is 91.2 Å². The van der Waals surface area contributed by atoms with Gasteiger partial charge in [-0.3, -0.25) is 0 Å². The van der Waals surface area contributed by atoms with E-state index in [1.54, 1.807) is 24.3 Å². The molecule has 0 unspecified atom stereocenters. The highest BCUT2D eigenvalue weighted by Gasteiger charge is 2.14. The molecule has 28 heavy (non-hydrogen) atoms. The molecule has 5 aromatic rings. The number of fused-ring (bicyclic) bond motifs is 2. The van der Waals surface area contributed by atoms with E-state index in [1.165, 1.54) is 12.1 Å². The minimum absolute atomic E-state index is 0.190. The zero-order valence-electron chi connectivity index (χ0n) is 14.5. The third kappa shape index (κ3) is 2.68. The van der Waals surface area contributed by atoms with Gasteiger partial charge in [0.2, 0.25) is 11.8 Å². The molecule has 134 valence electrons. The molecule has 0 saturated heterocycles. The van der Waals surface area contributed by atoms with Crippen molar-refractivity contribution in [2.75, 3.05) is 0 Å². The fourth-order valence-corrected chi connectivity index (χ4v) is 3.05. The van der Waals surface area contributed by atoms with E-state index >= 15 is 0 Å². The molecular formula is C22H12N2O4. The summed E-state index contributed by atoms with van der Waals surface area (Å²) >= 11 is 0. The lowest BCUT2D eigenvalue weighted by Crippen LogP contribution is -2.07. The molecule has 0 radical (unpaired) electrons. The molecule has 0 atom stereocenters. The van der Waals surface area contributed by atoms with Gasteiger partial charge in [0, 0.05) is 11.1 Å². The largest absolute Gasteiger partial charge is 0.403 e. The van der Waals surface area contributed by atoms with Crippen molar-refractivity contribution < 1.29 is 8.83 Å². The first-order chi connectivity index (χ1) is 13.7. The molecule has 5 rings (SSSR count). The Bertz CT molecular complexity index is 1330. The molecule has 6 nitrogen and oxygen atoms in total. The Labute approximate surface area is 157 Å². The average molecular weight is 368 g/mol. The number of hydrogen-bond acceptors (Lipinski definition) is 6. The Balaban J connectivity index is 1.76. The Morgan fingerprint density at radius 2 is 0.964 bits per heavy atom. The number of aromatic nitrogens is 2. The summed E-state index contributed by atoms with van der Waals surface area (Å²) in [4.78, 5) is 33.8. The highest BCUT2D eigenvalue weighted by atomic mass is 16.4. The fourth-order valence-electron chi connectivity index (χ4n) is 3.05. The van der Waals surface area contributed by atoms with Crippen molar-refractivity contribution in [3.8, 4) is 22.9 Å². The molecule has 3 aromatic carbocycles. The van der Waals surface area contributed by atoms with E-state index in [4.69, 9.17) is 8.83 Å². The molecule has 0 aliphatic rings. The van der Waals surface area contributed by atoms with Crippen LogP contribution < -0.4 is 11.3 Å². The van der Waals surface area contributed by atoms with Crippen molar-refractivity contribution >= 4 is 21.8 Å². The Morgan fingerprint density at radius 1 is 0.571 bits per heavy atom. The first-order valence-electron chi connectivity index (χ1n) is 8.60. The van der Waals surface area contributed by atoms with E-state index in [-0.39, 0.29) is 22.6 Å². The van der Waals surface area contributed by atoms with Gasteiger partial charge >= 0.3 is 11.3 Å². The van der Waals surface area contributed by atoms with Crippen LogP contribution in [0.3, 0.4) is 0 Å². The Kier molecular flexibility index (Phi) is 3.62. The fraction of sp³-hybridized carbons (Fsp3) is 0. The summed E-state index contributed by atoms with van der Waals surface area (Å²) in [5.41, 5.74) is 0.967. The molecule has 2 heterocycles. The number of rotatable bonds is 2. The van der Waals surface area contributed by atoms with Crippen molar-refractivity contribution in [3.05, 3.63) is 93.6 Å². The lowest BCUT2D eigenvalue weighted by molar-refractivity contribution is 0.516. The molecule has 0 aliphatic carbocycles. The maximum atomic E-state index is 12.5. The molecule has 0 amide bonds.